The van der Waals surface area contributed by atoms with Crippen molar-refractivity contribution in [3.8, 4) is 0 Å². The molecule has 0 saturated heterocycles. The van der Waals surface area contributed by atoms with Gasteiger partial charge in [0.15, 0.2) is 0 Å². The third-order valence-electron chi connectivity index (χ3n) is 5.96. The van der Waals surface area contributed by atoms with Crippen molar-refractivity contribution in [2.75, 3.05) is 0 Å². The zero-order valence-electron chi connectivity index (χ0n) is 11.4. The smallest absolute Gasteiger partial charge is 0.310 e. The molecule has 20 heavy (non-hydrogen) atoms. The molecule has 0 aromatic carbocycles. The molecule has 4 aliphatic rings. The van der Waals surface area contributed by atoms with E-state index in [4.69, 9.17) is 4.74 Å². The summed E-state index contributed by atoms with van der Waals surface area (Å²) in [5, 5.41) is 9.38. The molecule has 3 fully saturated rings. The van der Waals surface area contributed by atoms with Gasteiger partial charge in [0.2, 0.25) is 0 Å². The zero-order chi connectivity index (χ0) is 13.9. The Kier molecular flexibility index (Phi) is 2.69. The molecule has 1 N–H and O–H groups in total. The molecule has 4 aliphatic carbocycles. The summed E-state index contributed by atoms with van der Waals surface area (Å²) in [5.74, 6) is -0.780. The third-order valence-corrected chi connectivity index (χ3v) is 5.96. The average Bonchev–Trinajstić information content (AvgIpc) is 3.16. The maximum Gasteiger partial charge on any atom is 0.310 e. The minimum absolute atomic E-state index is 0.0232. The van der Waals surface area contributed by atoms with Gasteiger partial charge in [-0.3, -0.25) is 9.59 Å². The lowest BCUT2D eigenvalue weighted by molar-refractivity contribution is -0.164. The van der Waals surface area contributed by atoms with E-state index in [-0.39, 0.29) is 23.9 Å². The Balaban J connectivity index is 1.48. The lowest BCUT2D eigenvalue weighted by Gasteiger charge is -2.27. The molecule has 7 atom stereocenters. The normalized spacial score (nSPS) is 47.9. The topological polar surface area (TPSA) is 63.6 Å². The fraction of sp³-hybridized carbons (Fsp3) is 0.750. The molecule has 4 rings (SSSR count). The van der Waals surface area contributed by atoms with Crippen molar-refractivity contribution in [1.82, 2.24) is 0 Å². The molecule has 0 unspecified atom stereocenters. The first-order valence-corrected chi connectivity index (χ1v) is 7.75. The highest BCUT2D eigenvalue weighted by molar-refractivity contribution is 5.83. The predicted octanol–water partition coefficient (Wildman–Crippen LogP) is 2.24. The van der Waals surface area contributed by atoms with Gasteiger partial charge in [0, 0.05) is 0 Å². The lowest BCUT2D eigenvalue weighted by atomic mass is 9.83. The molecule has 0 amide bonds. The second-order valence-electron chi connectivity index (χ2n) is 6.99. The SMILES string of the molecule is O=C(O[C@H]1C[C@H]2CC[C@H]1C2)[C@@H]1[C@H](C(=O)O)[C@H]2C=C[C@H]1C2. The quantitative estimate of drug-likeness (QED) is 0.634. The van der Waals surface area contributed by atoms with Gasteiger partial charge in [0.05, 0.1) is 11.8 Å². The first kappa shape index (κ1) is 12.4. The van der Waals surface area contributed by atoms with E-state index >= 15 is 0 Å². The average molecular weight is 276 g/mol. The maximum absolute atomic E-state index is 12.5. The summed E-state index contributed by atoms with van der Waals surface area (Å²) in [6.07, 6.45) is 9.45. The van der Waals surface area contributed by atoms with Crippen LogP contribution in [0.4, 0.5) is 0 Å². The van der Waals surface area contributed by atoms with Crippen molar-refractivity contribution in [2.24, 2.45) is 35.5 Å². The number of carboxylic acids is 1. The van der Waals surface area contributed by atoms with Crippen LogP contribution in [0.5, 0.6) is 0 Å². The maximum atomic E-state index is 12.5. The Morgan fingerprint density at radius 2 is 1.75 bits per heavy atom. The van der Waals surface area contributed by atoms with E-state index in [1.165, 1.54) is 19.3 Å². The van der Waals surface area contributed by atoms with Crippen LogP contribution in [0.15, 0.2) is 12.2 Å². The molecular weight excluding hydrogens is 256 g/mol. The van der Waals surface area contributed by atoms with Gasteiger partial charge in [-0.15, -0.1) is 0 Å². The fourth-order valence-corrected chi connectivity index (χ4v) is 5.04. The van der Waals surface area contributed by atoms with Crippen LogP contribution < -0.4 is 0 Å². The van der Waals surface area contributed by atoms with Gasteiger partial charge in [0.1, 0.15) is 6.10 Å². The molecule has 0 aliphatic heterocycles. The highest BCUT2D eigenvalue weighted by Gasteiger charge is 2.53. The Bertz CT molecular complexity index is 483. The summed E-state index contributed by atoms with van der Waals surface area (Å²) >= 11 is 0. The van der Waals surface area contributed by atoms with Crippen LogP contribution in [0, 0.1) is 35.5 Å². The van der Waals surface area contributed by atoms with Crippen molar-refractivity contribution < 1.29 is 19.4 Å². The van der Waals surface area contributed by atoms with Gasteiger partial charge in [-0.1, -0.05) is 12.2 Å². The Hall–Kier alpha value is -1.32. The van der Waals surface area contributed by atoms with E-state index in [0.29, 0.717) is 5.92 Å². The molecule has 4 bridgehead atoms. The standard InChI is InChI=1S/C16H20O4/c17-15(18)13-10-3-4-11(7-10)14(13)16(19)20-12-6-8-1-2-9(12)5-8/h3-4,8-14H,1-2,5-7H2,(H,17,18)/t8-,9-,10-,11-,12-,13+,14-/m0/s1. The second kappa shape index (κ2) is 4.34. The predicted molar refractivity (Wildman–Crippen MR) is 70.7 cm³/mol. The van der Waals surface area contributed by atoms with E-state index in [1.807, 2.05) is 12.2 Å². The molecular formula is C16H20O4. The molecule has 0 radical (unpaired) electrons. The summed E-state index contributed by atoms with van der Waals surface area (Å²) in [6.45, 7) is 0. The number of carbonyl (C=O) groups is 2. The summed E-state index contributed by atoms with van der Waals surface area (Å²) < 4.78 is 5.73. The van der Waals surface area contributed by atoms with Gasteiger partial charge in [-0.2, -0.15) is 0 Å². The monoisotopic (exact) mass is 276 g/mol. The van der Waals surface area contributed by atoms with Crippen LogP contribution in [0.25, 0.3) is 0 Å². The summed E-state index contributed by atoms with van der Waals surface area (Å²) in [4.78, 5) is 23.9. The van der Waals surface area contributed by atoms with Crippen molar-refractivity contribution in [1.29, 1.82) is 0 Å². The number of hydrogen-bond donors (Lipinski definition) is 1. The third kappa shape index (κ3) is 1.73. The van der Waals surface area contributed by atoms with E-state index in [9.17, 15) is 14.7 Å². The van der Waals surface area contributed by atoms with Crippen molar-refractivity contribution >= 4 is 11.9 Å². The van der Waals surface area contributed by atoms with E-state index in [2.05, 4.69) is 0 Å². The summed E-state index contributed by atoms with van der Waals surface area (Å²) in [5.41, 5.74) is 0. The van der Waals surface area contributed by atoms with Crippen LogP contribution in [0.1, 0.15) is 32.1 Å². The van der Waals surface area contributed by atoms with E-state index < -0.39 is 17.8 Å². The Morgan fingerprint density at radius 1 is 1.00 bits per heavy atom. The van der Waals surface area contributed by atoms with Crippen molar-refractivity contribution in [3.63, 3.8) is 0 Å². The Morgan fingerprint density at radius 3 is 2.35 bits per heavy atom. The molecule has 0 aromatic heterocycles. The number of fused-ring (bicyclic) bond motifs is 4. The van der Waals surface area contributed by atoms with Crippen LogP contribution in [-0.2, 0) is 14.3 Å². The molecule has 3 saturated carbocycles. The van der Waals surface area contributed by atoms with Crippen molar-refractivity contribution in [3.05, 3.63) is 12.2 Å². The summed E-state index contributed by atoms with van der Waals surface area (Å²) in [7, 11) is 0. The molecule has 0 aromatic rings. The number of rotatable bonds is 3. The second-order valence-corrected chi connectivity index (χ2v) is 6.99. The minimum Gasteiger partial charge on any atom is -0.481 e. The molecule has 0 heterocycles. The van der Waals surface area contributed by atoms with Gasteiger partial charge in [-0.25, -0.2) is 0 Å². The number of hydrogen-bond acceptors (Lipinski definition) is 3. The summed E-state index contributed by atoms with van der Waals surface area (Å²) in [6, 6.07) is 0. The lowest BCUT2D eigenvalue weighted by Crippen LogP contribution is -2.37. The molecule has 4 nitrogen and oxygen atoms in total. The first-order valence-electron chi connectivity index (χ1n) is 7.75. The zero-order valence-corrected chi connectivity index (χ0v) is 11.4. The number of esters is 1. The minimum atomic E-state index is -0.850. The van der Waals surface area contributed by atoms with Crippen LogP contribution in [-0.4, -0.2) is 23.1 Å². The number of carbonyl (C=O) groups excluding carboxylic acids is 1. The highest BCUT2D eigenvalue weighted by Crippen LogP contribution is 2.50. The molecule has 0 spiro atoms. The number of aliphatic carboxylic acids is 1. The van der Waals surface area contributed by atoms with Crippen molar-refractivity contribution in [2.45, 2.75) is 38.2 Å². The van der Waals surface area contributed by atoms with Gasteiger partial charge in [0.25, 0.3) is 0 Å². The molecule has 4 heteroatoms. The highest BCUT2D eigenvalue weighted by atomic mass is 16.5. The molecule has 108 valence electrons. The van der Waals surface area contributed by atoms with Crippen LogP contribution in [0.3, 0.4) is 0 Å². The Labute approximate surface area is 118 Å². The van der Waals surface area contributed by atoms with E-state index in [1.54, 1.807) is 0 Å². The van der Waals surface area contributed by atoms with Crippen LogP contribution in [0.2, 0.25) is 0 Å². The number of ether oxygens (including phenoxy) is 1. The van der Waals surface area contributed by atoms with Gasteiger partial charge in [-0.05, 0) is 55.8 Å². The van der Waals surface area contributed by atoms with Gasteiger partial charge < -0.3 is 9.84 Å². The number of carboxylic acid groups (broad SMARTS) is 1. The van der Waals surface area contributed by atoms with E-state index in [0.717, 1.165) is 18.8 Å². The fourth-order valence-electron chi connectivity index (χ4n) is 5.04. The first-order chi connectivity index (χ1) is 9.63. The number of allylic oxidation sites excluding steroid dienone is 2. The largest absolute Gasteiger partial charge is 0.481 e. The van der Waals surface area contributed by atoms with Gasteiger partial charge >= 0.3 is 11.9 Å². The van der Waals surface area contributed by atoms with Crippen LogP contribution >= 0.6 is 0 Å².